The van der Waals surface area contributed by atoms with E-state index >= 15 is 0 Å². The quantitative estimate of drug-likeness (QED) is 0.424. The van der Waals surface area contributed by atoms with Gasteiger partial charge in [0.15, 0.2) is 11.5 Å². The number of allylic oxidation sites excluding steroid dienone is 1. The minimum atomic E-state index is -0.555. The van der Waals surface area contributed by atoms with Crippen LogP contribution in [0.2, 0.25) is 0 Å². The summed E-state index contributed by atoms with van der Waals surface area (Å²) in [6, 6.07) is 11.3. The van der Waals surface area contributed by atoms with Crippen LogP contribution >= 0.6 is 15.9 Å². The molecule has 0 bridgehead atoms. The molecule has 3 aromatic rings. The Labute approximate surface area is 207 Å². The van der Waals surface area contributed by atoms with Gasteiger partial charge in [0, 0.05) is 5.70 Å². The summed E-state index contributed by atoms with van der Waals surface area (Å²) in [7, 11) is 1.59. The fourth-order valence-electron chi connectivity index (χ4n) is 3.90. The molecule has 0 saturated carbocycles. The predicted molar refractivity (Wildman–Crippen MR) is 132 cm³/mol. The molecule has 0 spiro atoms. The molecule has 8 nitrogen and oxygen atoms in total. The SMILES string of the molecule is COc1cc(C2C(C(=O)OC(C)C)=C(C)Nc3ncnn32)cc(Br)c1OCc1ccccc1C. The topological polar surface area (TPSA) is 87.5 Å². The molecule has 1 aromatic heterocycles. The number of aromatic nitrogens is 3. The number of aryl methyl sites for hydroxylation is 1. The molecule has 1 unspecified atom stereocenters. The zero-order valence-corrected chi connectivity index (χ0v) is 21.3. The third kappa shape index (κ3) is 4.65. The number of anilines is 1. The number of esters is 1. The fourth-order valence-corrected chi connectivity index (χ4v) is 4.47. The van der Waals surface area contributed by atoms with Crippen LogP contribution < -0.4 is 14.8 Å². The Balaban J connectivity index is 1.74. The van der Waals surface area contributed by atoms with Crippen LogP contribution in [-0.4, -0.2) is 33.9 Å². The van der Waals surface area contributed by atoms with Crippen LogP contribution in [0.1, 0.15) is 43.5 Å². The van der Waals surface area contributed by atoms with E-state index in [1.807, 2.05) is 64.1 Å². The number of carbonyl (C=O) groups is 1. The van der Waals surface area contributed by atoms with Crippen molar-refractivity contribution < 1.29 is 19.0 Å². The van der Waals surface area contributed by atoms with E-state index in [1.165, 1.54) is 6.33 Å². The molecule has 0 radical (unpaired) electrons. The van der Waals surface area contributed by atoms with Gasteiger partial charge in [0.2, 0.25) is 5.95 Å². The molecule has 1 N–H and O–H groups in total. The number of nitrogens with one attached hydrogen (secondary N) is 1. The molecule has 34 heavy (non-hydrogen) atoms. The molecule has 1 aliphatic rings. The fraction of sp³-hybridized carbons (Fsp3) is 0.320. The molecule has 0 fully saturated rings. The lowest BCUT2D eigenvalue weighted by Crippen LogP contribution is -2.30. The molecule has 2 heterocycles. The number of benzene rings is 2. The molecule has 1 aliphatic heterocycles. The summed E-state index contributed by atoms with van der Waals surface area (Å²) in [6.45, 7) is 7.91. The molecular formula is C25H27BrN4O4. The van der Waals surface area contributed by atoms with Crippen molar-refractivity contribution in [2.45, 2.75) is 46.4 Å². The summed E-state index contributed by atoms with van der Waals surface area (Å²) < 4.78 is 19.7. The third-order valence-corrected chi connectivity index (χ3v) is 6.15. The number of ether oxygens (including phenoxy) is 3. The highest BCUT2D eigenvalue weighted by Gasteiger charge is 2.35. The molecule has 0 saturated heterocycles. The average Bonchev–Trinajstić information content (AvgIpc) is 3.25. The summed E-state index contributed by atoms with van der Waals surface area (Å²) in [4.78, 5) is 17.4. The Morgan fingerprint density at radius 2 is 2.00 bits per heavy atom. The van der Waals surface area contributed by atoms with E-state index < -0.39 is 12.0 Å². The lowest BCUT2D eigenvalue weighted by molar-refractivity contribution is -0.143. The number of methoxy groups -OCH3 is 1. The van der Waals surface area contributed by atoms with Gasteiger partial charge in [-0.15, -0.1) is 0 Å². The second-order valence-corrected chi connectivity index (χ2v) is 9.15. The first-order chi connectivity index (χ1) is 16.3. The van der Waals surface area contributed by atoms with E-state index in [0.717, 1.165) is 16.7 Å². The zero-order chi connectivity index (χ0) is 24.4. The maximum absolute atomic E-state index is 13.1. The zero-order valence-electron chi connectivity index (χ0n) is 19.8. The van der Waals surface area contributed by atoms with E-state index in [9.17, 15) is 4.79 Å². The highest BCUT2D eigenvalue weighted by atomic mass is 79.9. The lowest BCUT2D eigenvalue weighted by atomic mass is 9.95. The summed E-state index contributed by atoms with van der Waals surface area (Å²) in [5.74, 6) is 1.24. The van der Waals surface area contributed by atoms with E-state index in [-0.39, 0.29) is 6.10 Å². The molecule has 4 rings (SSSR count). The molecule has 2 aromatic carbocycles. The standard InChI is InChI=1S/C25H27BrN4O4/c1-14(2)34-24(31)21-16(4)29-25-27-13-28-30(25)22(21)18-10-19(26)23(20(11-18)32-5)33-12-17-9-7-6-8-15(17)3/h6-11,13-14,22H,12H2,1-5H3,(H,27,28,29). The van der Waals surface area contributed by atoms with Gasteiger partial charge in [-0.2, -0.15) is 10.1 Å². The minimum absolute atomic E-state index is 0.260. The van der Waals surface area contributed by atoms with Gasteiger partial charge in [-0.25, -0.2) is 9.48 Å². The van der Waals surface area contributed by atoms with Gasteiger partial charge in [0.25, 0.3) is 0 Å². The molecule has 178 valence electrons. The largest absolute Gasteiger partial charge is 0.493 e. The molecule has 9 heteroatoms. The summed E-state index contributed by atoms with van der Waals surface area (Å²) >= 11 is 3.64. The van der Waals surface area contributed by atoms with Gasteiger partial charge in [0.05, 0.1) is 23.3 Å². The Kier molecular flexibility index (Phi) is 6.92. The van der Waals surface area contributed by atoms with Crippen LogP contribution in [0.4, 0.5) is 5.95 Å². The predicted octanol–water partition coefficient (Wildman–Crippen LogP) is 5.18. The molecule has 0 amide bonds. The Morgan fingerprint density at radius 1 is 1.24 bits per heavy atom. The third-order valence-electron chi connectivity index (χ3n) is 5.56. The van der Waals surface area contributed by atoms with E-state index in [4.69, 9.17) is 14.2 Å². The second kappa shape index (κ2) is 9.89. The van der Waals surface area contributed by atoms with Crippen LogP contribution in [0.5, 0.6) is 11.5 Å². The van der Waals surface area contributed by atoms with Crippen molar-refractivity contribution in [3.8, 4) is 11.5 Å². The van der Waals surface area contributed by atoms with Crippen LogP contribution in [-0.2, 0) is 16.1 Å². The smallest absolute Gasteiger partial charge is 0.338 e. The molecule has 0 aliphatic carbocycles. The van der Waals surface area contributed by atoms with E-state index in [2.05, 4.69) is 31.3 Å². The monoisotopic (exact) mass is 526 g/mol. The Hall–Kier alpha value is -3.33. The number of rotatable bonds is 7. The van der Waals surface area contributed by atoms with E-state index in [1.54, 1.807) is 11.8 Å². The summed E-state index contributed by atoms with van der Waals surface area (Å²) in [5, 5.41) is 7.51. The maximum Gasteiger partial charge on any atom is 0.338 e. The van der Waals surface area contributed by atoms with Gasteiger partial charge < -0.3 is 19.5 Å². The second-order valence-electron chi connectivity index (χ2n) is 8.30. The minimum Gasteiger partial charge on any atom is -0.493 e. The number of hydrogen-bond donors (Lipinski definition) is 1. The highest BCUT2D eigenvalue weighted by molar-refractivity contribution is 9.10. The van der Waals surface area contributed by atoms with Gasteiger partial charge in [-0.3, -0.25) is 0 Å². The van der Waals surface area contributed by atoms with Gasteiger partial charge >= 0.3 is 5.97 Å². The number of halogens is 1. The number of nitrogens with zero attached hydrogens (tertiary/aromatic N) is 3. The summed E-state index contributed by atoms with van der Waals surface area (Å²) in [5.41, 5.74) is 4.12. The van der Waals surface area contributed by atoms with Gasteiger partial charge in [0.1, 0.15) is 19.0 Å². The average molecular weight is 527 g/mol. The van der Waals surface area contributed by atoms with E-state index in [0.29, 0.717) is 39.8 Å². The van der Waals surface area contributed by atoms with Crippen molar-refractivity contribution >= 4 is 27.8 Å². The lowest BCUT2D eigenvalue weighted by Gasteiger charge is -2.29. The van der Waals surface area contributed by atoms with Crippen LogP contribution in [0.3, 0.4) is 0 Å². The van der Waals surface area contributed by atoms with Gasteiger partial charge in [-0.05, 0) is 72.4 Å². The molecule has 1 atom stereocenters. The number of carbonyl (C=O) groups excluding carboxylic acids is 1. The molecular weight excluding hydrogens is 500 g/mol. The van der Waals surface area contributed by atoms with Gasteiger partial charge in [-0.1, -0.05) is 24.3 Å². The van der Waals surface area contributed by atoms with Crippen molar-refractivity contribution in [3.63, 3.8) is 0 Å². The van der Waals surface area contributed by atoms with Crippen molar-refractivity contribution in [2.24, 2.45) is 0 Å². The first-order valence-electron chi connectivity index (χ1n) is 10.9. The Bertz CT molecular complexity index is 1250. The highest BCUT2D eigenvalue weighted by Crippen LogP contribution is 2.43. The van der Waals surface area contributed by atoms with Crippen molar-refractivity contribution in [3.05, 3.63) is 75.2 Å². The summed E-state index contributed by atoms with van der Waals surface area (Å²) in [6.07, 6.45) is 1.19. The van der Waals surface area contributed by atoms with Crippen molar-refractivity contribution in [2.75, 3.05) is 12.4 Å². The van der Waals surface area contributed by atoms with Crippen LogP contribution in [0, 0.1) is 6.92 Å². The van der Waals surface area contributed by atoms with Crippen molar-refractivity contribution in [1.82, 2.24) is 14.8 Å². The van der Waals surface area contributed by atoms with Crippen LogP contribution in [0.15, 0.2) is 58.5 Å². The normalized spacial score (nSPS) is 15.1. The Morgan fingerprint density at radius 3 is 2.71 bits per heavy atom. The first-order valence-corrected chi connectivity index (χ1v) is 11.7. The maximum atomic E-state index is 13.1. The first kappa shape index (κ1) is 23.8. The number of hydrogen-bond acceptors (Lipinski definition) is 7. The number of fused-ring (bicyclic) bond motifs is 1. The van der Waals surface area contributed by atoms with Crippen molar-refractivity contribution in [1.29, 1.82) is 0 Å². The van der Waals surface area contributed by atoms with Crippen LogP contribution in [0.25, 0.3) is 0 Å².